The van der Waals surface area contributed by atoms with Crippen LogP contribution in [0.15, 0.2) is 33.1 Å². The Morgan fingerprint density at radius 3 is 2.40 bits per heavy atom. The average molecular weight is 399 g/mol. The number of carbonyl (C=O) groups is 2. The minimum Gasteiger partial charge on any atom is -0.744 e. The zero-order valence-corrected chi connectivity index (χ0v) is 16.6. The number of hydrogen-bond acceptors (Lipinski definition) is 8. The van der Waals surface area contributed by atoms with E-state index in [0.29, 0.717) is 23.2 Å². The molecule has 11 nitrogen and oxygen atoms in total. The number of benzene rings is 1. The van der Waals surface area contributed by atoms with Crippen LogP contribution in [0.4, 0.5) is 5.69 Å². The van der Waals surface area contributed by atoms with Crippen LogP contribution in [-0.2, 0) is 29.8 Å². The first-order valence-corrected chi connectivity index (χ1v) is 9.00. The van der Waals surface area contributed by atoms with Crippen LogP contribution in [0.5, 0.6) is 0 Å². The third kappa shape index (κ3) is 4.63. The van der Waals surface area contributed by atoms with Gasteiger partial charge in [-0.05, 0) is 18.2 Å². The molecule has 2 rings (SSSR count). The third-order valence-corrected chi connectivity index (χ3v) is 4.72. The minimum absolute atomic E-state index is 0. The molecule has 130 valence electrons. The molecule has 1 aromatic rings. The Bertz CT molecular complexity index is 971. The molecule has 2 N–H and O–H groups in total. The molecule has 0 aromatic heterocycles. The van der Waals surface area contributed by atoms with Gasteiger partial charge in [0, 0.05) is 7.05 Å². The first-order chi connectivity index (χ1) is 10.9. The average Bonchev–Trinajstić information content (AvgIpc) is 2.85. The molecular formula is C11H10N3NaO8S2. The van der Waals surface area contributed by atoms with Crippen molar-refractivity contribution < 1.29 is 65.1 Å². The molecule has 0 unspecified atom stereocenters. The molecule has 1 aliphatic heterocycles. The monoisotopic (exact) mass is 399 g/mol. The van der Waals surface area contributed by atoms with Gasteiger partial charge in [-0.25, -0.2) is 8.42 Å². The second kappa shape index (κ2) is 7.49. The smallest absolute Gasteiger partial charge is 0.744 e. The van der Waals surface area contributed by atoms with Gasteiger partial charge in [0.1, 0.15) is 20.7 Å². The van der Waals surface area contributed by atoms with Crippen molar-refractivity contribution >= 4 is 43.4 Å². The van der Waals surface area contributed by atoms with Gasteiger partial charge in [-0.3, -0.25) is 14.1 Å². The number of carbonyl (C=O) groups excluding carboxylic acids is 2. The van der Waals surface area contributed by atoms with Crippen molar-refractivity contribution in [2.45, 2.75) is 16.2 Å². The molecular weight excluding hydrogens is 389 g/mol. The molecule has 0 fully saturated rings. The summed E-state index contributed by atoms with van der Waals surface area (Å²) in [5.74, 6) is -1.55. The summed E-state index contributed by atoms with van der Waals surface area (Å²) in [6.07, 6.45) is -0.473. The number of hydrazone groups is 1. The third-order valence-electron chi connectivity index (χ3n) is 2.99. The molecule has 0 aliphatic carbocycles. The summed E-state index contributed by atoms with van der Waals surface area (Å²) in [4.78, 5) is 21.8. The molecule has 0 atom stereocenters. The quantitative estimate of drug-likeness (QED) is 0.378. The van der Waals surface area contributed by atoms with Crippen LogP contribution >= 0.6 is 0 Å². The van der Waals surface area contributed by atoms with E-state index in [2.05, 4.69) is 10.4 Å². The molecule has 1 heterocycles. The van der Waals surface area contributed by atoms with Crippen LogP contribution in [0.25, 0.3) is 0 Å². The van der Waals surface area contributed by atoms with E-state index in [9.17, 15) is 35.5 Å². The van der Waals surface area contributed by atoms with Gasteiger partial charge >= 0.3 is 29.6 Å². The second-order valence-electron chi connectivity index (χ2n) is 4.57. The SMILES string of the molecule is CNC(=O)C1=NN(c2cc(S(=O)(=O)[O-])ccc2S(=O)(=O)O)C(=O)C1.[Na+]. The van der Waals surface area contributed by atoms with Gasteiger partial charge in [-0.15, -0.1) is 0 Å². The van der Waals surface area contributed by atoms with Crippen LogP contribution in [0.2, 0.25) is 0 Å². The number of anilines is 1. The molecule has 0 spiro atoms. The molecule has 25 heavy (non-hydrogen) atoms. The summed E-state index contributed by atoms with van der Waals surface area (Å²) >= 11 is 0. The minimum atomic E-state index is -4.96. The first-order valence-electron chi connectivity index (χ1n) is 6.15. The summed E-state index contributed by atoms with van der Waals surface area (Å²) in [5.41, 5.74) is -0.905. The molecule has 0 saturated heterocycles. The molecule has 1 aliphatic rings. The largest absolute Gasteiger partial charge is 1.00 e. The summed E-state index contributed by atoms with van der Waals surface area (Å²) in [6, 6.07) is 1.90. The topological polar surface area (TPSA) is 173 Å². The first kappa shape index (κ1) is 21.7. The standard InChI is InChI=1S/C11H11N3O8S2.Na/c1-12-11(16)7-5-10(15)14(13-7)8-4-6(23(17,18)19)2-3-9(8)24(20,21)22;/h2-4H,5H2,1H3,(H,12,16)(H,17,18,19)(H,20,21,22);/q;+1/p-1. The number of nitrogens with zero attached hydrogens (tertiary/aromatic N) is 2. The molecule has 1 aromatic carbocycles. The fraction of sp³-hybridized carbons (Fsp3) is 0.182. The van der Waals surface area contributed by atoms with Gasteiger partial charge in [0.2, 0.25) is 0 Å². The maximum absolute atomic E-state index is 12.0. The fourth-order valence-corrected chi connectivity index (χ4v) is 3.06. The van der Waals surface area contributed by atoms with E-state index in [1.54, 1.807) is 0 Å². The Kier molecular flexibility index (Phi) is 6.50. The molecule has 14 heteroatoms. The van der Waals surface area contributed by atoms with Gasteiger partial charge in [-0.2, -0.15) is 18.5 Å². The van der Waals surface area contributed by atoms with Crippen LogP contribution in [0.3, 0.4) is 0 Å². The maximum atomic E-state index is 12.0. The van der Waals surface area contributed by atoms with E-state index in [1.165, 1.54) is 7.05 Å². The number of amides is 2. The summed E-state index contributed by atoms with van der Waals surface area (Å²) in [7, 11) is -8.54. The predicted molar refractivity (Wildman–Crippen MR) is 77.8 cm³/mol. The van der Waals surface area contributed by atoms with Crippen molar-refractivity contribution in [2.24, 2.45) is 5.10 Å². The second-order valence-corrected chi connectivity index (χ2v) is 7.34. The van der Waals surface area contributed by atoms with Crippen LogP contribution in [0, 0.1) is 0 Å². The zero-order chi connectivity index (χ0) is 18.3. The Hall–Kier alpha value is -1.35. The number of rotatable bonds is 4. The van der Waals surface area contributed by atoms with E-state index >= 15 is 0 Å². The zero-order valence-electron chi connectivity index (χ0n) is 13.0. The van der Waals surface area contributed by atoms with E-state index in [0.717, 1.165) is 0 Å². The summed E-state index contributed by atoms with van der Waals surface area (Å²) in [5, 5.41) is 6.29. The summed E-state index contributed by atoms with van der Waals surface area (Å²) in [6.45, 7) is 0. The molecule has 0 radical (unpaired) electrons. The Morgan fingerprint density at radius 2 is 1.92 bits per heavy atom. The number of hydrogen-bond donors (Lipinski definition) is 2. The van der Waals surface area contributed by atoms with Gasteiger partial charge in [0.25, 0.3) is 21.9 Å². The van der Waals surface area contributed by atoms with Crippen molar-refractivity contribution in [2.75, 3.05) is 12.1 Å². The van der Waals surface area contributed by atoms with Crippen molar-refractivity contribution in [1.29, 1.82) is 0 Å². The van der Waals surface area contributed by atoms with Gasteiger partial charge < -0.3 is 9.87 Å². The Morgan fingerprint density at radius 1 is 1.32 bits per heavy atom. The number of nitrogens with one attached hydrogen (secondary N) is 1. The molecule has 0 bridgehead atoms. The normalized spacial score (nSPS) is 14.8. The van der Waals surface area contributed by atoms with E-state index in [4.69, 9.17) is 0 Å². The van der Waals surface area contributed by atoms with E-state index in [-0.39, 0.29) is 35.3 Å². The van der Waals surface area contributed by atoms with Crippen molar-refractivity contribution in [1.82, 2.24) is 5.32 Å². The Labute approximate surface area is 164 Å². The van der Waals surface area contributed by atoms with E-state index < -0.39 is 53.9 Å². The summed E-state index contributed by atoms with van der Waals surface area (Å²) < 4.78 is 65.3. The Balaban J connectivity index is 0.00000312. The van der Waals surface area contributed by atoms with Gasteiger partial charge in [0.15, 0.2) is 0 Å². The van der Waals surface area contributed by atoms with Crippen molar-refractivity contribution in [3.05, 3.63) is 18.2 Å². The van der Waals surface area contributed by atoms with Crippen molar-refractivity contribution in [3.63, 3.8) is 0 Å². The predicted octanol–water partition coefficient (Wildman–Crippen LogP) is -4.32. The van der Waals surface area contributed by atoms with Crippen LogP contribution in [0.1, 0.15) is 6.42 Å². The van der Waals surface area contributed by atoms with Crippen molar-refractivity contribution in [3.8, 4) is 0 Å². The van der Waals surface area contributed by atoms with Gasteiger partial charge in [0.05, 0.1) is 17.0 Å². The molecule has 2 amide bonds. The van der Waals surface area contributed by atoms with Crippen LogP contribution in [-0.4, -0.2) is 50.5 Å². The fourth-order valence-electron chi connectivity index (χ4n) is 1.92. The molecule has 0 saturated carbocycles. The van der Waals surface area contributed by atoms with E-state index in [1.807, 2.05) is 0 Å². The maximum Gasteiger partial charge on any atom is 1.00 e. The van der Waals surface area contributed by atoms with Gasteiger partial charge in [-0.1, -0.05) is 0 Å². The van der Waals surface area contributed by atoms with Crippen LogP contribution < -0.4 is 39.9 Å².